The molecule has 1 saturated heterocycles. The molecule has 3 aromatic carbocycles. The molecular weight excluding hydrogens is 432 g/mol. The number of carbonyl (C=O) groups excluding carboxylic acids is 1. The van der Waals surface area contributed by atoms with Crippen LogP contribution in [0.15, 0.2) is 83.8 Å². The SMILES string of the molecule is O=C(c1ccccc1Cc1ccccc1)N1CCN(S(=O)(=O)c2ccccc2Cl)CC1. The molecule has 4 rings (SSSR count). The minimum absolute atomic E-state index is 0.0682. The fourth-order valence-corrected chi connectivity index (χ4v) is 5.71. The molecule has 1 aliphatic heterocycles. The summed E-state index contributed by atoms with van der Waals surface area (Å²) in [5.41, 5.74) is 2.76. The van der Waals surface area contributed by atoms with E-state index in [1.54, 1.807) is 23.1 Å². The van der Waals surface area contributed by atoms with Crippen LogP contribution in [0.5, 0.6) is 0 Å². The summed E-state index contributed by atoms with van der Waals surface area (Å²) in [6.07, 6.45) is 0.670. The maximum atomic E-state index is 13.2. The third-order valence-electron chi connectivity index (χ3n) is 5.47. The predicted molar refractivity (Wildman–Crippen MR) is 122 cm³/mol. The van der Waals surface area contributed by atoms with Gasteiger partial charge in [0.15, 0.2) is 0 Å². The molecule has 1 amide bonds. The zero-order valence-corrected chi connectivity index (χ0v) is 18.5. The molecule has 0 aromatic heterocycles. The van der Waals surface area contributed by atoms with Crippen LogP contribution < -0.4 is 0 Å². The fraction of sp³-hybridized carbons (Fsp3) is 0.208. The number of amides is 1. The Hall–Kier alpha value is -2.67. The van der Waals surface area contributed by atoms with Crippen molar-refractivity contribution >= 4 is 27.5 Å². The smallest absolute Gasteiger partial charge is 0.254 e. The second-order valence-electron chi connectivity index (χ2n) is 7.45. The van der Waals surface area contributed by atoms with Crippen LogP contribution in [0.25, 0.3) is 0 Å². The number of carbonyl (C=O) groups is 1. The number of hydrogen-bond acceptors (Lipinski definition) is 3. The van der Waals surface area contributed by atoms with Gasteiger partial charge in [-0.2, -0.15) is 4.31 Å². The summed E-state index contributed by atoms with van der Waals surface area (Å²) in [6.45, 7) is 1.14. The fourth-order valence-electron chi connectivity index (χ4n) is 3.79. The Kier molecular flexibility index (Phi) is 6.41. The molecule has 31 heavy (non-hydrogen) atoms. The second-order valence-corrected chi connectivity index (χ2v) is 9.76. The topological polar surface area (TPSA) is 57.7 Å². The van der Waals surface area contributed by atoms with Crippen LogP contribution >= 0.6 is 11.6 Å². The van der Waals surface area contributed by atoms with Crippen LogP contribution in [-0.2, 0) is 16.4 Å². The van der Waals surface area contributed by atoms with Crippen LogP contribution in [0.1, 0.15) is 21.5 Å². The maximum Gasteiger partial charge on any atom is 0.254 e. The molecule has 0 saturated carbocycles. The average Bonchev–Trinajstić information content (AvgIpc) is 2.80. The van der Waals surface area contributed by atoms with Crippen molar-refractivity contribution in [3.05, 3.63) is 101 Å². The Labute approximate surface area is 187 Å². The third-order valence-corrected chi connectivity index (χ3v) is 7.86. The van der Waals surface area contributed by atoms with E-state index < -0.39 is 10.0 Å². The summed E-state index contributed by atoms with van der Waals surface area (Å²) in [5, 5.41) is 0.204. The van der Waals surface area contributed by atoms with E-state index in [-0.39, 0.29) is 28.9 Å². The molecule has 1 fully saturated rings. The Bertz CT molecular complexity index is 1170. The van der Waals surface area contributed by atoms with Gasteiger partial charge in [-0.05, 0) is 35.7 Å². The van der Waals surface area contributed by atoms with Gasteiger partial charge in [0.2, 0.25) is 10.0 Å². The van der Waals surface area contributed by atoms with Crippen molar-refractivity contribution in [1.82, 2.24) is 9.21 Å². The lowest BCUT2D eigenvalue weighted by Crippen LogP contribution is -2.50. The van der Waals surface area contributed by atoms with Gasteiger partial charge in [-0.1, -0.05) is 72.3 Å². The Balaban J connectivity index is 1.48. The van der Waals surface area contributed by atoms with Gasteiger partial charge in [-0.25, -0.2) is 8.42 Å². The Morgan fingerprint density at radius 2 is 1.42 bits per heavy atom. The molecule has 0 radical (unpaired) electrons. The van der Waals surface area contributed by atoms with Gasteiger partial charge in [-0.15, -0.1) is 0 Å². The van der Waals surface area contributed by atoms with E-state index in [0.29, 0.717) is 25.1 Å². The zero-order chi connectivity index (χ0) is 21.8. The van der Waals surface area contributed by atoms with Gasteiger partial charge in [0, 0.05) is 31.7 Å². The average molecular weight is 455 g/mol. The molecule has 7 heteroatoms. The summed E-state index contributed by atoms with van der Waals surface area (Å²) in [4.78, 5) is 15.1. The number of benzene rings is 3. The molecule has 0 N–H and O–H groups in total. The summed E-state index contributed by atoms with van der Waals surface area (Å²) in [5.74, 6) is -0.0682. The van der Waals surface area contributed by atoms with Gasteiger partial charge < -0.3 is 4.90 Å². The monoisotopic (exact) mass is 454 g/mol. The first-order valence-corrected chi connectivity index (χ1v) is 11.9. The molecule has 0 aliphatic carbocycles. The molecule has 1 aliphatic rings. The molecule has 1 heterocycles. The molecule has 160 valence electrons. The number of hydrogen-bond donors (Lipinski definition) is 0. The van der Waals surface area contributed by atoms with Crippen LogP contribution in [0.2, 0.25) is 5.02 Å². The van der Waals surface area contributed by atoms with Crippen molar-refractivity contribution in [2.45, 2.75) is 11.3 Å². The van der Waals surface area contributed by atoms with Crippen molar-refractivity contribution in [3.63, 3.8) is 0 Å². The number of piperazine rings is 1. The summed E-state index contributed by atoms with van der Waals surface area (Å²) >= 11 is 6.10. The standard InChI is InChI=1S/C24H23ClN2O3S/c25-22-12-6-7-13-23(22)31(29,30)27-16-14-26(15-17-27)24(28)21-11-5-4-10-20(21)18-19-8-2-1-3-9-19/h1-13H,14-18H2. The highest BCUT2D eigenvalue weighted by molar-refractivity contribution is 7.89. The lowest BCUT2D eigenvalue weighted by molar-refractivity contribution is 0.0697. The van der Waals surface area contributed by atoms with E-state index in [1.807, 2.05) is 54.6 Å². The minimum atomic E-state index is -3.69. The lowest BCUT2D eigenvalue weighted by Gasteiger charge is -2.34. The highest BCUT2D eigenvalue weighted by atomic mass is 35.5. The van der Waals surface area contributed by atoms with E-state index in [0.717, 1.165) is 11.1 Å². The van der Waals surface area contributed by atoms with Crippen molar-refractivity contribution in [2.24, 2.45) is 0 Å². The molecule has 0 atom stereocenters. The van der Waals surface area contributed by atoms with E-state index in [9.17, 15) is 13.2 Å². The first kappa shape index (κ1) is 21.6. The van der Waals surface area contributed by atoms with E-state index in [2.05, 4.69) is 0 Å². The van der Waals surface area contributed by atoms with Gasteiger partial charge in [0.25, 0.3) is 5.91 Å². The summed E-state index contributed by atoms with van der Waals surface area (Å²) in [7, 11) is -3.69. The van der Waals surface area contributed by atoms with Crippen LogP contribution in [0.3, 0.4) is 0 Å². The molecule has 0 unspecified atom stereocenters. The third kappa shape index (κ3) is 4.66. The number of rotatable bonds is 5. The van der Waals surface area contributed by atoms with Crippen LogP contribution in [-0.4, -0.2) is 49.7 Å². The van der Waals surface area contributed by atoms with Gasteiger partial charge in [-0.3, -0.25) is 4.79 Å². The van der Waals surface area contributed by atoms with Crippen LogP contribution in [0.4, 0.5) is 0 Å². The Morgan fingerprint density at radius 1 is 0.806 bits per heavy atom. The highest BCUT2D eigenvalue weighted by Gasteiger charge is 2.32. The zero-order valence-electron chi connectivity index (χ0n) is 16.9. The molecule has 3 aromatic rings. The molecule has 0 bridgehead atoms. The van der Waals surface area contributed by atoms with Crippen molar-refractivity contribution in [3.8, 4) is 0 Å². The van der Waals surface area contributed by atoms with Crippen molar-refractivity contribution in [1.29, 1.82) is 0 Å². The van der Waals surface area contributed by atoms with Crippen LogP contribution in [0, 0.1) is 0 Å². The molecular formula is C24H23ClN2O3S. The maximum absolute atomic E-state index is 13.2. The molecule has 5 nitrogen and oxygen atoms in total. The summed E-state index contributed by atoms with van der Waals surface area (Å²) in [6, 6.07) is 24.1. The summed E-state index contributed by atoms with van der Waals surface area (Å²) < 4.78 is 27.3. The van der Waals surface area contributed by atoms with Gasteiger partial charge in [0.05, 0.1) is 5.02 Å². The van der Waals surface area contributed by atoms with Gasteiger partial charge >= 0.3 is 0 Å². The van der Waals surface area contributed by atoms with Crippen molar-refractivity contribution < 1.29 is 13.2 Å². The largest absolute Gasteiger partial charge is 0.336 e. The van der Waals surface area contributed by atoms with Gasteiger partial charge in [0.1, 0.15) is 4.90 Å². The van der Waals surface area contributed by atoms with E-state index in [4.69, 9.17) is 11.6 Å². The normalized spacial score (nSPS) is 15.1. The van der Waals surface area contributed by atoms with Crippen molar-refractivity contribution in [2.75, 3.05) is 26.2 Å². The molecule has 0 spiro atoms. The van der Waals surface area contributed by atoms with E-state index in [1.165, 1.54) is 10.4 Å². The number of nitrogens with zero attached hydrogens (tertiary/aromatic N) is 2. The number of halogens is 1. The number of sulfonamides is 1. The quantitative estimate of drug-likeness (QED) is 0.583. The predicted octanol–water partition coefficient (Wildman–Crippen LogP) is 4.08. The lowest BCUT2D eigenvalue weighted by atomic mass is 9.99. The minimum Gasteiger partial charge on any atom is -0.336 e. The first-order valence-electron chi connectivity index (χ1n) is 10.1. The first-order chi connectivity index (χ1) is 15.0. The van der Waals surface area contributed by atoms with E-state index >= 15 is 0 Å². The highest BCUT2D eigenvalue weighted by Crippen LogP contribution is 2.25. The second kappa shape index (κ2) is 9.22. The Morgan fingerprint density at radius 3 is 2.13 bits per heavy atom.